The van der Waals surface area contributed by atoms with E-state index in [1.54, 1.807) is 11.8 Å². The van der Waals surface area contributed by atoms with Crippen molar-refractivity contribution in [3.05, 3.63) is 29.3 Å². The molecule has 1 N–H and O–H groups in total. The van der Waals surface area contributed by atoms with Crippen molar-refractivity contribution in [2.75, 3.05) is 0 Å². The smallest absolute Gasteiger partial charge is 0.138 e. The second-order valence-electron chi connectivity index (χ2n) is 4.32. The Labute approximate surface area is 117 Å². The Morgan fingerprint density at radius 1 is 1.18 bits per heavy atom. The van der Waals surface area contributed by atoms with E-state index in [-0.39, 0.29) is 0 Å². The average molecular weight is 286 g/mol. The number of thiocarbonyl (C=S) groups is 1. The summed E-state index contributed by atoms with van der Waals surface area (Å²) in [7, 11) is 0. The molecule has 2 rings (SSSR count). The van der Waals surface area contributed by atoms with Crippen LogP contribution in [0.25, 0.3) is 0 Å². The first-order chi connectivity index (χ1) is 8.24. The van der Waals surface area contributed by atoms with Crippen molar-refractivity contribution >= 4 is 39.9 Å². The fraction of sp³-hybridized carbons (Fsp3) is 0.462. The summed E-state index contributed by atoms with van der Waals surface area (Å²) in [5, 5.41) is 4.21. The highest BCUT2D eigenvalue weighted by molar-refractivity contribution is 8.23. The topological polar surface area (TPSA) is 12.0 Å². The van der Waals surface area contributed by atoms with Crippen LogP contribution in [0.2, 0.25) is 5.02 Å². The summed E-state index contributed by atoms with van der Waals surface area (Å²) in [6.45, 7) is 0. The summed E-state index contributed by atoms with van der Waals surface area (Å²) in [6.07, 6.45) is 6.52. The van der Waals surface area contributed by atoms with Crippen molar-refractivity contribution in [1.82, 2.24) is 5.32 Å². The lowest BCUT2D eigenvalue weighted by molar-refractivity contribution is 0.416. The van der Waals surface area contributed by atoms with Crippen molar-refractivity contribution in [2.45, 2.75) is 43.0 Å². The SMILES string of the molecule is S=C(NC1CCCCC1)Sc1ccc(Cl)cc1. The zero-order valence-corrected chi connectivity index (χ0v) is 12.0. The minimum absolute atomic E-state index is 0.580. The van der Waals surface area contributed by atoms with E-state index in [0.29, 0.717) is 6.04 Å². The number of thioether (sulfide) groups is 1. The Balaban J connectivity index is 1.82. The molecule has 17 heavy (non-hydrogen) atoms. The summed E-state index contributed by atoms with van der Waals surface area (Å²) in [5.74, 6) is 0. The van der Waals surface area contributed by atoms with Gasteiger partial charge in [0.15, 0.2) is 0 Å². The lowest BCUT2D eigenvalue weighted by atomic mass is 9.96. The van der Waals surface area contributed by atoms with Crippen LogP contribution >= 0.6 is 35.6 Å². The van der Waals surface area contributed by atoms with Crippen LogP contribution in [0.3, 0.4) is 0 Å². The van der Waals surface area contributed by atoms with E-state index in [0.717, 1.165) is 14.2 Å². The molecule has 0 saturated heterocycles. The molecule has 1 fully saturated rings. The van der Waals surface area contributed by atoms with Crippen LogP contribution < -0.4 is 5.32 Å². The van der Waals surface area contributed by atoms with Gasteiger partial charge < -0.3 is 5.32 Å². The zero-order chi connectivity index (χ0) is 12.1. The third-order valence-corrected chi connectivity index (χ3v) is 4.38. The highest BCUT2D eigenvalue weighted by atomic mass is 35.5. The molecular formula is C13H16ClNS2. The highest BCUT2D eigenvalue weighted by Gasteiger charge is 2.14. The standard InChI is InChI=1S/C13H16ClNS2/c14-10-6-8-12(9-7-10)17-13(16)15-11-4-2-1-3-5-11/h6-9,11H,1-5H2,(H,15,16). The number of halogens is 1. The van der Waals surface area contributed by atoms with E-state index in [2.05, 4.69) is 5.32 Å². The van der Waals surface area contributed by atoms with E-state index in [1.165, 1.54) is 32.1 Å². The van der Waals surface area contributed by atoms with Gasteiger partial charge in [-0.05, 0) is 37.1 Å². The Kier molecular flexibility index (Phi) is 5.14. The minimum Gasteiger partial charge on any atom is -0.368 e. The monoisotopic (exact) mass is 285 g/mol. The van der Waals surface area contributed by atoms with Crippen LogP contribution in [0.5, 0.6) is 0 Å². The normalized spacial score (nSPS) is 16.8. The maximum atomic E-state index is 5.85. The molecule has 0 bridgehead atoms. The molecule has 1 saturated carbocycles. The van der Waals surface area contributed by atoms with Crippen molar-refractivity contribution in [3.63, 3.8) is 0 Å². The van der Waals surface area contributed by atoms with E-state index < -0.39 is 0 Å². The fourth-order valence-corrected chi connectivity index (χ4v) is 3.35. The Morgan fingerprint density at radius 2 is 1.82 bits per heavy atom. The maximum absolute atomic E-state index is 5.85. The summed E-state index contributed by atoms with van der Waals surface area (Å²) >= 11 is 12.8. The molecule has 0 heterocycles. The molecule has 1 aliphatic rings. The fourth-order valence-electron chi connectivity index (χ4n) is 2.05. The van der Waals surface area contributed by atoms with Gasteiger partial charge in [0, 0.05) is 16.0 Å². The first-order valence-corrected chi connectivity index (χ1v) is 7.58. The molecule has 0 radical (unpaired) electrons. The van der Waals surface area contributed by atoms with Gasteiger partial charge in [0.2, 0.25) is 0 Å². The second kappa shape index (κ2) is 6.62. The summed E-state index contributed by atoms with van der Waals surface area (Å²) in [5.41, 5.74) is 0. The van der Waals surface area contributed by atoms with E-state index in [4.69, 9.17) is 23.8 Å². The van der Waals surface area contributed by atoms with Gasteiger partial charge >= 0.3 is 0 Å². The second-order valence-corrected chi connectivity index (χ2v) is 6.51. The molecule has 1 aromatic rings. The van der Waals surface area contributed by atoms with Crippen LogP contribution in [0, 0.1) is 0 Å². The van der Waals surface area contributed by atoms with Crippen molar-refractivity contribution < 1.29 is 0 Å². The molecular weight excluding hydrogens is 270 g/mol. The van der Waals surface area contributed by atoms with Gasteiger partial charge in [0.1, 0.15) is 4.32 Å². The van der Waals surface area contributed by atoms with Gasteiger partial charge in [-0.25, -0.2) is 0 Å². The molecule has 4 heteroatoms. The predicted octanol–water partition coefficient (Wildman–Crippen LogP) is 4.64. The molecule has 0 aromatic heterocycles. The first kappa shape index (κ1) is 13.2. The number of nitrogens with one attached hydrogen (secondary N) is 1. The van der Waals surface area contributed by atoms with Crippen molar-refractivity contribution in [3.8, 4) is 0 Å². The lowest BCUT2D eigenvalue weighted by Gasteiger charge is -2.23. The largest absolute Gasteiger partial charge is 0.368 e. The van der Waals surface area contributed by atoms with E-state index in [9.17, 15) is 0 Å². The van der Waals surface area contributed by atoms with Crippen LogP contribution in [-0.2, 0) is 0 Å². The van der Waals surface area contributed by atoms with Crippen LogP contribution in [0.15, 0.2) is 29.2 Å². The minimum atomic E-state index is 0.580. The van der Waals surface area contributed by atoms with Gasteiger partial charge in [-0.15, -0.1) is 0 Å². The molecule has 1 aromatic carbocycles. The van der Waals surface area contributed by atoms with Crippen LogP contribution in [0.4, 0.5) is 0 Å². The first-order valence-electron chi connectivity index (χ1n) is 5.98. The molecule has 0 amide bonds. The molecule has 0 aliphatic heterocycles. The summed E-state index contributed by atoms with van der Waals surface area (Å²) in [4.78, 5) is 1.14. The lowest BCUT2D eigenvalue weighted by Crippen LogP contribution is -2.33. The third-order valence-electron chi connectivity index (χ3n) is 2.95. The summed E-state index contributed by atoms with van der Waals surface area (Å²) in [6, 6.07) is 8.38. The molecule has 1 aliphatic carbocycles. The van der Waals surface area contributed by atoms with Gasteiger partial charge in [-0.3, -0.25) is 0 Å². The molecule has 0 spiro atoms. The van der Waals surface area contributed by atoms with Crippen LogP contribution in [0.1, 0.15) is 32.1 Å². The Bertz CT molecular complexity index is 372. The van der Waals surface area contributed by atoms with E-state index in [1.807, 2.05) is 24.3 Å². The van der Waals surface area contributed by atoms with E-state index >= 15 is 0 Å². The summed E-state index contributed by atoms with van der Waals surface area (Å²) < 4.78 is 0.874. The molecule has 0 unspecified atom stereocenters. The number of benzene rings is 1. The zero-order valence-electron chi connectivity index (χ0n) is 9.62. The Hall–Kier alpha value is -0.250. The third kappa shape index (κ3) is 4.49. The van der Waals surface area contributed by atoms with Crippen LogP contribution in [-0.4, -0.2) is 10.4 Å². The number of rotatable bonds is 2. The quantitative estimate of drug-likeness (QED) is 0.628. The van der Waals surface area contributed by atoms with Gasteiger partial charge in [0.05, 0.1) is 0 Å². The highest BCUT2D eigenvalue weighted by Crippen LogP contribution is 2.23. The van der Waals surface area contributed by atoms with Crippen molar-refractivity contribution in [2.24, 2.45) is 0 Å². The van der Waals surface area contributed by atoms with Crippen molar-refractivity contribution in [1.29, 1.82) is 0 Å². The number of hydrogen-bond acceptors (Lipinski definition) is 2. The molecule has 92 valence electrons. The van der Waals surface area contributed by atoms with Gasteiger partial charge in [0.25, 0.3) is 0 Å². The molecule has 1 nitrogen and oxygen atoms in total. The number of hydrogen-bond donors (Lipinski definition) is 1. The van der Waals surface area contributed by atoms with Gasteiger partial charge in [-0.1, -0.05) is 54.8 Å². The van der Waals surface area contributed by atoms with Gasteiger partial charge in [-0.2, -0.15) is 0 Å². The maximum Gasteiger partial charge on any atom is 0.138 e. The molecule has 0 atom stereocenters. The Morgan fingerprint density at radius 3 is 2.47 bits per heavy atom. The predicted molar refractivity (Wildman–Crippen MR) is 79.9 cm³/mol. The average Bonchev–Trinajstić information content (AvgIpc) is 2.33.